The Kier molecular flexibility index (Phi) is 6.48. The second-order valence-corrected chi connectivity index (χ2v) is 6.97. The highest BCUT2D eigenvalue weighted by molar-refractivity contribution is 6.07. The molecule has 8 heteroatoms. The van der Waals surface area contributed by atoms with Crippen molar-refractivity contribution in [3.05, 3.63) is 92.1 Å². The Hall–Kier alpha value is -3.65. The van der Waals surface area contributed by atoms with Crippen LogP contribution >= 0.6 is 0 Å². The van der Waals surface area contributed by atoms with E-state index >= 15 is 0 Å². The maximum atomic E-state index is 13.2. The van der Waals surface area contributed by atoms with Gasteiger partial charge in [-0.25, -0.2) is 4.79 Å². The van der Waals surface area contributed by atoms with Crippen molar-refractivity contribution in [2.24, 2.45) is 0 Å². The van der Waals surface area contributed by atoms with Crippen molar-refractivity contribution in [1.29, 1.82) is 0 Å². The zero-order chi connectivity index (χ0) is 21.7. The number of carbonyl (C=O) groups is 1. The number of nitrogen functional groups attached to an aromatic ring is 1. The third kappa shape index (κ3) is 4.49. The molecule has 3 aromatic rings. The molecule has 156 valence electrons. The second-order valence-electron chi connectivity index (χ2n) is 6.97. The van der Waals surface area contributed by atoms with Crippen LogP contribution in [0.25, 0.3) is 0 Å². The number of amides is 1. The Bertz CT molecular complexity index is 1150. The van der Waals surface area contributed by atoms with Crippen LogP contribution in [0.2, 0.25) is 0 Å². The third-order valence-electron chi connectivity index (χ3n) is 4.72. The van der Waals surface area contributed by atoms with Gasteiger partial charge in [0.1, 0.15) is 5.82 Å². The topological polar surface area (TPSA) is 121 Å². The molecule has 0 unspecified atom stereocenters. The Morgan fingerprint density at radius 1 is 1.13 bits per heavy atom. The molecule has 0 fully saturated rings. The molecule has 0 aliphatic carbocycles. The van der Waals surface area contributed by atoms with Gasteiger partial charge in [-0.1, -0.05) is 48.0 Å². The number of nitrogens with zero attached hydrogens (tertiary/aromatic N) is 2. The summed E-state index contributed by atoms with van der Waals surface area (Å²) in [6.07, 6.45) is 0.244. The molecule has 30 heavy (non-hydrogen) atoms. The number of hydrogen-bond acceptors (Lipinski definition) is 5. The second kappa shape index (κ2) is 9.23. The van der Waals surface area contributed by atoms with Crippen LogP contribution in [0, 0.1) is 6.92 Å². The van der Waals surface area contributed by atoms with Gasteiger partial charge in [-0.05, 0) is 31.0 Å². The van der Waals surface area contributed by atoms with Crippen molar-refractivity contribution in [1.82, 2.24) is 9.55 Å². The summed E-state index contributed by atoms with van der Waals surface area (Å²) < 4.78 is 1.22. The molecule has 0 radical (unpaired) electrons. The van der Waals surface area contributed by atoms with Gasteiger partial charge in [0.05, 0.1) is 6.54 Å². The minimum Gasteiger partial charge on any atom is -0.396 e. The molecule has 0 saturated heterocycles. The standard InChI is InChI=1S/C22H24N4O4/c1-15-7-5-10-17(13-15)21(29)25(11-6-12-27)18-19(23)26(22(30)24-20(18)28)14-16-8-3-2-4-9-16/h2-5,7-10,13,27H,6,11-12,14,23H2,1H3,(H,24,28,30). The van der Waals surface area contributed by atoms with E-state index in [9.17, 15) is 19.5 Å². The SMILES string of the molecule is Cc1cccc(C(=O)N(CCCO)c2c(N)n(Cc3ccccc3)c(=O)[nH]c2=O)c1. The number of rotatable bonds is 7. The summed E-state index contributed by atoms with van der Waals surface area (Å²) >= 11 is 0. The lowest BCUT2D eigenvalue weighted by Gasteiger charge is -2.24. The van der Waals surface area contributed by atoms with Crippen LogP contribution in [0.5, 0.6) is 0 Å². The zero-order valence-corrected chi connectivity index (χ0v) is 16.7. The summed E-state index contributed by atoms with van der Waals surface area (Å²) in [6, 6.07) is 16.1. The van der Waals surface area contributed by atoms with Crippen LogP contribution in [0.4, 0.5) is 11.5 Å². The van der Waals surface area contributed by atoms with Crippen molar-refractivity contribution in [3.8, 4) is 0 Å². The first-order chi connectivity index (χ1) is 14.4. The Morgan fingerprint density at radius 3 is 2.53 bits per heavy atom. The first kappa shape index (κ1) is 21.1. The fraction of sp³-hybridized carbons (Fsp3) is 0.227. The summed E-state index contributed by atoms with van der Waals surface area (Å²) in [7, 11) is 0. The van der Waals surface area contributed by atoms with Gasteiger partial charge < -0.3 is 15.7 Å². The Morgan fingerprint density at radius 2 is 1.87 bits per heavy atom. The monoisotopic (exact) mass is 408 g/mol. The number of benzene rings is 2. The fourth-order valence-electron chi connectivity index (χ4n) is 3.24. The van der Waals surface area contributed by atoms with E-state index in [4.69, 9.17) is 5.73 Å². The molecule has 8 nitrogen and oxygen atoms in total. The van der Waals surface area contributed by atoms with Crippen molar-refractivity contribution in [2.45, 2.75) is 19.9 Å². The van der Waals surface area contributed by atoms with E-state index in [1.165, 1.54) is 9.47 Å². The van der Waals surface area contributed by atoms with Crippen LogP contribution in [0.15, 0.2) is 64.2 Å². The van der Waals surface area contributed by atoms with Gasteiger partial charge in [0, 0.05) is 18.7 Å². The number of aryl methyl sites for hydroxylation is 1. The summed E-state index contributed by atoms with van der Waals surface area (Å²) in [4.78, 5) is 41.8. The van der Waals surface area contributed by atoms with Gasteiger partial charge in [0.25, 0.3) is 11.5 Å². The van der Waals surface area contributed by atoms with Gasteiger partial charge >= 0.3 is 5.69 Å². The molecule has 0 saturated carbocycles. The average molecular weight is 408 g/mol. The van der Waals surface area contributed by atoms with Crippen molar-refractivity contribution in [2.75, 3.05) is 23.8 Å². The van der Waals surface area contributed by atoms with Crippen LogP contribution < -0.4 is 21.9 Å². The van der Waals surface area contributed by atoms with Crippen LogP contribution in [0.1, 0.15) is 27.9 Å². The van der Waals surface area contributed by atoms with E-state index in [1.54, 1.807) is 18.2 Å². The largest absolute Gasteiger partial charge is 0.396 e. The summed E-state index contributed by atoms with van der Waals surface area (Å²) in [6.45, 7) is 1.90. The van der Waals surface area contributed by atoms with Crippen LogP contribution in [-0.4, -0.2) is 33.7 Å². The predicted octanol–water partition coefficient (Wildman–Crippen LogP) is 1.50. The smallest absolute Gasteiger partial charge is 0.330 e. The van der Waals surface area contributed by atoms with E-state index < -0.39 is 17.2 Å². The number of hydrogen-bond donors (Lipinski definition) is 3. The number of H-pyrrole nitrogens is 1. The van der Waals surface area contributed by atoms with E-state index in [1.807, 2.05) is 43.3 Å². The number of aliphatic hydroxyl groups excluding tert-OH is 1. The number of nitrogens with two attached hydrogens (primary N) is 1. The van der Waals surface area contributed by atoms with Gasteiger partial charge in [-0.15, -0.1) is 0 Å². The molecule has 1 amide bonds. The molecular weight excluding hydrogens is 384 g/mol. The lowest BCUT2D eigenvalue weighted by atomic mass is 10.1. The zero-order valence-electron chi connectivity index (χ0n) is 16.7. The van der Waals surface area contributed by atoms with Gasteiger partial charge in [0.2, 0.25) is 0 Å². The van der Waals surface area contributed by atoms with Crippen molar-refractivity contribution < 1.29 is 9.90 Å². The molecule has 2 aromatic carbocycles. The van der Waals surface area contributed by atoms with E-state index in [2.05, 4.69) is 4.98 Å². The molecule has 1 heterocycles. The van der Waals surface area contributed by atoms with E-state index in [-0.39, 0.29) is 37.6 Å². The number of aromatic amines is 1. The van der Waals surface area contributed by atoms with E-state index in [0.717, 1.165) is 11.1 Å². The number of carbonyl (C=O) groups excluding carboxylic acids is 1. The normalized spacial score (nSPS) is 10.7. The molecule has 0 spiro atoms. The van der Waals surface area contributed by atoms with Crippen LogP contribution in [-0.2, 0) is 6.54 Å². The van der Waals surface area contributed by atoms with Crippen molar-refractivity contribution >= 4 is 17.4 Å². The molecule has 0 aliphatic rings. The van der Waals surface area contributed by atoms with Gasteiger partial charge in [0.15, 0.2) is 5.69 Å². The fourth-order valence-corrected chi connectivity index (χ4v) is 3.24. The third-order valence-corrected chi connectivity index (χ3v) is 4.72. The number of nitrogens with one attached hydrogen (secondary N) is 1. The summed E-state index contributed by atoms with van der Waals surface area (Å²) in [5.74, 6) is -0.541. The average Bonchev–Trinajstić information content (AvgIpc) is 2.73. The molecule has 0 aliphatic heterocycles. The number of aliphatic hydroxyl groups is 1. The van der Waals surface area contributed by atoms with Crippen LogP contribution in [0.3, 0.4) is 0 Å². The highest BCUT2D eigenvalue weighted by Crippen LogP contribution is 2.21. The highest BCUT2D eigenvalue weighted by atomic mass is 16.3. The van der Waals surface area contributed by atoms with Gasteiger partial charge in [-0.3, -0.25) is 19.1 Å². The molecule has 3 rings (SSSR count). The highest BCUT2D eigenvalue weighted by Gasteiger charge is 2.25. The number of anilines is 2. The Labute approximate surface area is 173 Å². The molecule has 0 bridgehead atoms. The maximum Gasteiger partial charge on any atom is 0.330 e. The minimum atomic E-state index is -0.749. The molecule has 1 aromatic heterocycles. The first-order valence-corrected chi connectivity index (χ1v) is 9.58. The Balaban J connectivity index is 2.11. The quantitative estimate of drug-likeness (QED) is 0.547. The molecule has 4 N–H and O–H groups in total. The maximum absolute atomic E-state index is 13.2. The predicted molar refractivity (Wildman–Crippen MR) is 116 cm³/mol. The van der Waals surface area contributed by atoms with Crippen molar-refractivity contribution in [3.63, 3.8) is 0 Å². The first-order valence-electron chi connectivity index (χ1n) is 9.58. The minimum absolute atomic E-state index is 0.0695. The summed E-state index contributed by atoms with van der Waals surface area (Å²) in [5, 5.41) is 9.28. The van der Waals surface area contributed by atoms with E-state index in [0.29, 0.717) is 5.56 Å². The lowest BCUT2D eigenvalue weighted by Crippen LogP contribution is -2.42. The molecule has 0 atom stereocenters. The lowest BCUT2D eigenvalue weighted by molar-refractivity contribution is 0.0985. The number of aromatic nitrogens is 2. The van der Waals surface area contributed by atoms with Gasteiger partial charge in [-0.2, -0.15) is 0 Å². The molecular formula is C22H24N4O4. The summed E-state index contributed by atoms with van der Waals surface area (Å²) in [5.41, 5.74) is 6.81.